The van der Waals surface area contributed by atoms with Crippen LogP contribution >= 0.6 is 0 Å². The fourth-order valence-electron chi connectivity index (χ4n) is 2.75. The monoisotopic (exact) mass is 373 g/mol. The lowest BCUT2D eigenvalue weighted by Gasteiger charge is -2.33. The highest BCUT2D eigenvalue weighted by Gasteiger charge is 2.33. The summed E-state index contributed by atoms with van der Waals surface area (Å²) in [7, 11) is 0. The summed E-state index contributed by atoms with van der Waals surface area (Å²) < 4.78 is 43.7. The Hall–Kier alpha value is -1.99. The number of amides is 1. The van der Waals surface area contributed by atoms with Crippen molar-refractivity contribution < 1.29 is 22.7 Å². The number of nitrogens with zero attached hydrogens (tertiary/aromatic N) is 2. The molecule has 2 rings (SSSR count). The van der Waals surface area contributed by atoms with Gasteiger partial charge >= 0.3 is 12.3 Å². The molecule has 1 aliphatic heterocycles. The van der Waals surface area contributed by atoms with Gasteiger partial charge in [0.15, 0.2) is 0 Å². The third kappa shape index (κ3) is 5.78. The Balaban J connectivity index is 1.86. The summed E-state index contributed by atoms with van der Waals surface area (Å²) in [5.41, 5.74) is -0.753. The van der Waals surface area contributed by atoms with Gasteiger partial charge in [0, 0.05) is 19.6 Å². The van der Waals surface area contributed by atoms with Gasteiger partial charge in [-0.2, -0.15) is 13.2 Å². The molecule has 1 aliphatic rings. The van der Waals surface area contributed by atoms with E-state index >= 15 is 0 Å². The molecule has 0 saturated carbocycles. The van der Waals surface area contributed by atoms with Crippen molar-refractivity contribution in [3.8, 4) is 0 Å². The van der Waals surface area contributed by atoms with Gasteiger partial charge in [-0.15, -0.1) is 0 Å². The highest BCUT2D eigenvalue weighted by Crippen LogP contribution is 2.29. The largest absolute Gasteiger partial charge is 0.444 e. The molecule has 1 saturated heterocycles. The SMILES string of the molecule is Cc1ccc(C(F)(F)F)nc1NCC1CCN(C(=O)OC(C)(C)C)CC1. The van der Waals surface area contributed by atoms with Gasteiger partial charge in [-0.25, -0.2) is 9.78 Å². The molecule has 1 aromatic heterocycles. The first-order chi connectivity index (χ1) is 12.0. The molecule has 146 valence electrons. The van der Waals surface area contributed by atoms with E-state index in [2.05, 4.69) is 10.3 Å². The van der Waals surface area contributed by atoms with Crippen molar-refractivity contribution >= 4 is 11.9 Å². The van der Waals surface area contributed by atoms with Crippen molar-refractivity contribution in [1.29, 1.82) is 0 Å². The molecule has 0 aliphatic carbocycles. The molecule has 1 fully saturated rings. The van der Waals surface area contributed by atoms with Crippen molar-refractivity contribution in [2.75, 3.05) is 25.0 Å². The fourth-order valence-corrected chi connectivity index (χ4v) is 2.75. The van der Waals surface area contributed by atoms with Crippen LogP contribution in [0.5, 0.6) is 0 Å². The zero-order chi connectivity index (χ0) is 19.5. The number of nitrogens with one attached hydrogen (secondary N) is 1. The van der Waals surface area contributed by atoms with Gasteiger partial charge in [-0.05, 0) is 58.1 Å². The number of likely N-dealkylation sites (tertiary alicyclic amines) is 1. The Bertz CT molecular complexity index is 634. The lowest BCUT2D eigenvalue weighted by Crippen LogP contribution is -2.42. The van der Waals surface area contributed by atoms with Gasteiger partial charge in [0.25, 0.3) is 0 Å². The quantitative estimate of drug-likeness (QED) is 0.849. The van der Waals surface area contributed by atoms with Gasteiger partial charge in [-0.3, -0.25) is 0 Å². The molecule has 0 spiro atoms. The van der Waals surface area contributed by atoms with Crippen LogP contribution in [0.15, 0.2) is 12.1 Å². The maximum atomic E-state index is 12.8. The number of aromatic nitrogens is 1. The molecule has 26 heavy (non-hydrogen) atoms. The van der Waals surface area contributed by atoms with Crippen LogP contribution in [-0.2, 0) is 10.9 Å². The minimum absolute atomic E-state index is 0.259. The van der Waals surface area contributed by atoms with Crippen LogP contribution in [0, 0.1) is 12.8 Å². The molecule has 0 radical (unpaired) electrons. The molecule has 1 aromatic rings. The third-order valence-corrected chi connectivity index (χ3v) is 4.21. The number of alkyl halides is 3. The van der Waals surface area contributed by atoms with Crippen LogP contribution in [0.2, 0.25) is 0 Å². The number of hydrogen-bond acceptors (Lipinski definition) is 4. The zero-order valence-electron chi connectivity index (χ0n) is 15.6. The fraction of sp³-hybridized carbons (Fsp3) is 0.667. The highest BCUT2D eigenvalue weighted by atomic mass is 19.4. The number of carbonyl (C=O) groups is 1. The first kappa shape index (κ1) is 20.3. The zero-order valence-corrected chi connectivity index (χ0v) is 15.6. The number of pyridine rings is 1. The summed E-state index contributed by atoms with van der Waals surface area (Å²) in [5, 5.41) is 3.03. The Morgan fingerprint density at radius 2 is 1.88 bits per heavy atom. The second kappa shape index (κ2) is 7.72. The van der Waals surface area contributed by atoms with Crippen molar-refractivity contribution in [3.05, 3.63) is 23.4 Å². The molecule has 5 nitrogen and oxygen atoms in total. The van der Waals surface area contributed by atoms with E-state index < -0.39 is 17.5 Å². The number of anilines is 1. The Morgan fingerprint density at radius 1 is 1.27 bits per heavy atom. The van der Waals surface area contributed by atoms with Crippen LogP contribution in [0.4, 0.5) is 23.8 Å². The van der Waals surface area contributed by atoms with E-state index in [4.69, 9.17) is 4.74 Å². The summed E-state index contributed by atoms with van der Waals surface area (Å²) in [6.07, 6.45) is -3.24. The van der Waals surface area contributed by atoms with E-state index in [-0.39, 0.29) is 17.8 Å². The third-order valence-electron chi connectivity index (χ3n) is 4.21. The van der Waals surface area contributed by atoms with Crippen LogP contribution in [0.25, 0.3) is 0 Å². The Morgan fingerprint density at radius 3 is 2.42 bits per heavy atom. The first-order valence-corrected chi connectivity index (χ1v) is 8.72. The first-order valence-electron chi connectivity index (χ1n) is 8.72. The standard InChI is InChI=1S/C18H26F3N3O2/c1-12-5-6-14(18(19,20)21)23-15(12)22-11-13-7-9-24(10-8-13)16(25)26-17(2,3)4/h5-6,13H,7-11H2,1-4H3,(H,22,23). The Kier molecular flexibility index (Phi) is 6.03. The molecule has 0 bridgehead atoms. The number of aryl methyl sites for hydroxylation is 1. The summed E-state index contributed by atoms with van der Waals surface area (Å²) >= 11 is 0. The average Bonchev–Trinajstić information content (AvgIpc) is 2.52. The molecular formula is C18H26F3N3O2. The van der Waals surface area contributed by atoms with E-state index in [0.717, 1.165) is 18.9 Å². The minimum atomic E-state index is -4.46. The van der Waals surface area contributed by atoms with Crippen molar-refractivity contribution in [2.45, 2.75) is 52.3 Å². The predicted octanol–water partition coefficient (Wildman–Crippen LogP) is 4.47. The van der Waals surface area contributed by atoms with E-state index in [1.807, 2.05) is 20.8 Å². The number of carbonyl (C=O) groups excluding carboxylic acids is 1. The smallest absolute Gasteiger partial charge is 0.433 e. The Labute approximate surface area is 151 Å². The van der Waals surface area contributed by atoms with Crippen molar-refractivity contribution in [3.63, 3.8) is 0 Å². The van der Waals surface area contributed by atoms with E-state index in [1.165, 1.54) is 6.07 Å². The molecule has 2 heterocycles. The van der Waals surface area contributed by atoms with Gasteiger partial charge in [0.1, 0.15) is 17.1 Å². The molecule has 0 atom stereocenters. The number of ether oxygens (including phenoxy) is 1. The number of halogens is 3. The van der Waals surface area contributed by atoms with Crippen LogP contribution < -0.4 is 5.32 Å². The van der Waals surface area contributed by atoms with Gasteiger partial charge in [0.2, 0.25) is 0 Å². The van der Waals surface area contributed by atoms with Crippen molar-refractivity contribution in [2.24, 2.45) is 5.92 Å². The van der Waals surface area contributed by atoms with Crippen LogP contribution in [0.3, 0.4) is 0 Å². The lowest BCUT2D eigenvalue weighted by molar-refractivity contribution is -0.141. The minimum Gasteiger partial charge on any atom is -0.444 e. The number of rotatable bonds is 3. The summed E-state index contributed by atoms with van der Waals surface area (Å²) in [6, 6.07) is 2.41. The normalized spacial score (nSPS) is 16.5. The summed E-state index contributed by atoms with van der Waals surface area (Å²) in [4.78, 5) is 17.4. The molecule has 0 aromatic carbocycles. The summed E-state index contributed by atoms with van der Waals surface area (Å²) in [6.45, 7) is 8.88. The predicted molar refractivity (Wildman–Crippen MR) is 93.0 cm³/mol. The molecule has 8 heteroatoms. The maximum absolute atomic E-state index is 12.8. The number of hydrogen-bond donors (Lipinski definition) is 1. The molecule has 0 unspecified atom stereocenters. The van der Waals surface area contributed by atoms with E-state index in [1.54, 1.807) is 11.8 Å². The second-order valence-corrected chi connectivity index (χ2v) is 7.65. The highest BCUT2D eigenvalue weighted by molar-refractivity contribution is 5.68. The van der Waals surface area contributed by atoms with Crippen LogP contribution in [0.1, 0.15) is 44.9 Å². The molecule has 1 amide bonds. The topological polar surface area (TPSA) is 54.5 Å². The lowest BCUT2D eigenvalue weighted by atomic mass is 9.97. The van der Waals surface area contributed by atoms with E-state index in [9.17, 15) is 18.0 Å². The molecular weight excluding hydrogens is 347 g/mol. The maximum Gasteiger partial charge on any atom is 0.433 e. The number of piperidine rings is 1. The van der Waals surface area contributed by atoms with E-state index in [0.29, 0.717) is 25.2 Å². The average molecular weight is 373 g/mol. The van der Waals surface area contributed by atoms with Gasteiger partial charge in [-0.1, -0.05) is 6.07 Å². The van der Waals surface area contributed by atoms with Gasteiger partial charge < -0.3 is 15.0 Å². The second-order valence-electron chi connectivity index (χ2n) is 7.65. The van der Waals surface area contributed by atoms with Gasteiger partial charge in [0.05, 0.1) is 0 Å². The molecule has 1 N–H and O–H groups in total. The van der Waals surface area contributed by atoms with Crippen LogP contribution in [-0.4, -0.2) is 41.2 Å². The summed E-state index contributed by atoms with van der Waals surface area (Å²) in [5.74, 6) is 0.527. The van der Waals surface area contributed by atoms with Crippen molar-refractivity contribution in [1.82, 2.24) is 9.88 Å².